The number of hydrogen-bond donors (Lipinski definition) is 2. The lowest BCUT2D eigenvalue weighted by molar-refractivity contribution is -0.114. The molecule has 0 fully saturated rings. The van der Waals surface area contributed by atoms with Gasteiger partial charge in [-0.2, -0.15) is 0 Å². The van der Waals surface area contributed by atoms with Gasteiger partial charge in [0, 0.05) is 15.8 Å². The van der Waals surface area contributed by atoms with E-state index in [1.807, 2.05) is 31.2 Å². The molecule has 0 saturated carbocycles. The molecule has 0 aliphatic heterocycles. The maximum atomic E-state index is 13.1. The van der Waals surface area contributed by atoms with Crippen LogP contribution >= 0.6 is 15.9 Å². The Balaban J connectivity index is 1.96. The van der Waals surface area contributed by atoms with Crippen LogP contribution in [0.2, 0.25) is 0 Å². The van der Waals surface area contributed by atoms with E-state index in [0.717, 1.165) is 15.7 Å². The molecule has 0 saturated heterocycles. The first-order valence-electron chi connectivity index (χ1n) is 6.10. The van der Waals surface area contributed by atoms with Crippen LogP contribution in [-0.2, 0) is 4.79 Å². The zero-order valence-corrected chi connectivity index (χ0v) is 12.5. The van der Waals surface area contributed by atoms with Crippen LogP contribution in [0.3, 0.4) is 0 Å². The van der Waals surface area contributed by atoms with Crippen molar-refractivity contribution in [3.05, 3.63) is 58.3 Å². The molecule has 0 bridgehead atoms. The van der Waals surface area contributed by atoms with Crippen LogP contribution in [0.5, 0.6) is 0 Å². The third-order valence-electron chi connectivity index (χ3n) is 2.79. The standard InChI is InChI=1S/C15H14BrFN2O/c1-10-6-7-11(17)8-14(10)19-15(20)9-18-13-5-3-2-4-12(13)16/h2-8,18H,9H2,1H3,(H,19,20). The number of para-hydroxylation sites is 1. The molecule has 0 aliphatic rings. The van der Waals surface area contributed by atoms with E-state index in [1.165, 1.54) is 12.1 Å². The molecule has 2 aromatic rings. The molecule has 0 aliphatic carbocycles. The molecule has 0 heterocycles. The summed E-state index contributed by atoms with van der Waals surface area (Å²) in [5.41, 5.74) is 2.14. The van der Waals surface area contributed by atoms with Gasteiger partial charge in [0.15, 0.2) is 0 Å². The van der Waals surface area contributed by atoms with Crippen molar-refractivity contribution in [1.82, 2.24) is 0 Å². The molecule has 2 aromatic carbocycles. The Morgan fingerprint density at radius 2 is 1.95 bits per heavy atom. The fourth-order valence-electron chi connectivity index (χ4n) is 1.70. The highest BCUT2D eigenvalue weighted by molar-refractivity contribution is 9.10. The molecule has 104 valence electrons. The first kappa shape index (κ1) is 14.5. The average Bonchev–Trinajstić information content (AvgIpc) is 2.42. The maximum absolute atomic E-state index is 13.1. The predicted octanol–water partition coefficient (Wildman–Crippen LogP) is 3.95. The monoisotopic (exact) mass is 336 g/mol. The number of anilines is 2. The lowest BCUT2D eigenvalue weighted by Gasteiger charge is -2.10. The Kier molecular flexibility index (Phi) is 4.74. The second kappa shape index (κ2) is 6.52. The summed E-state index contributed by atoms with van der Waals surface area (Å²) < 4.78 is 14.0. The van der Waals surface area contributed by atoms with E-state index in [9.17, 15) is 9.18 Å². The molecule has 0 unspecified atom stereocenters. The number of hydrogen-bond acceptors (Lipinski definition) is 2. The van der Waals surface area contributed by atoms with E-state index in [4.69, 9.17) is 0 Å². The Morgan fingerprint density at radius 3 is 2.70 bits per heavy atom. The van der Waals surface area contributed by atoms with Gasteiger partial charge in [0.2, 0.25) is 5.91 Å². The normalized spacial score (nSPS) is 10.2. The van der Waals surface area contributed by atoms with Gasteiger partial charge in [-0.25, -0.2) is 4.39 Å². The summed E-state index contributed by atoms with van der Waals surface area (Å²) in [6, 6.07) is 11.8. The molecule has 3 nitrogen and oxygen atoms in total. The molecule has 20 heavy (non-hydrogen) atoms. The number of aryl methyl sites for hydroxylation is 1. The maximum Gasteiger partial charge on any atom is 0.243 e. The molecule has 0 atom stereocenters. The Hall–Kier alpha value is -1.88. The zero-order chi connectivity index (χ0) is 14.5. The van der Waals surface area contributed by atoms with Crippen LogP contribution < -0.4 is 10.6 Å². The van der Waals surface area contributed by atoms with E-state index < -0.39 is 0 Å². The highest BCUT2D eigenvalue weighted by atomic mass is 79.9. The average molecular weight is 337 g/mol. The molecule has 2 N–H and O–H groups in total. The zero-order valence-electron chi connectivity index (χ0n) is 10.9. The van der Waals surface area contributed by atoms with Gasteiger partial charge in [0.25, 0.3) is 0 Å². The third-order valence-corrected chi connectivity index (χ3v) is 3.48. The lowest BCUT2D eigenvalue weighted by atomic mass is 10.2. The molecule has 5 heteroatoms. The highest BCUT2D eigenvalue weighted by Crippen LogP contribution is 2.21. The Morgan fingerprint density at radius 1 is 1.20 bits per heavy atom. The summed E-state index contributed by atoms with van der Waals surface area (Å²) >= 11 is 3.39. The van der Waals surface area contributed by atoms with Gasteiger partial charge in [0.05, 0.1) is 6.54 Å². The van der Waals surface area contributed by atoms with Crippen molar-refractivity contribution in [3.63, 3.8) is 0 Å². The van der Waals surface area contributed by atoms with Crippen LogP contribution in [-0.4, -0.2) is 12.5 Å². The number of benzene rings is 2. The van der Waals surface area contributed by atoms with Crippen LogP contribution in [0.4, 0.5) is 15.8 Å². The highest BCUT2D eigenvalue weighted by Gasteiger charge is 2.06. The second-order valence-corrected chi connectivity index (χ2v) is 5.20. The van der Waals surface area contributed by atoms with E-state index >= 15 is 0 Å². The van der Waals surface area contributed by atoms with Gasteiger partial charge in [-0.1, -0.05) is 18.2 Å². The minimum Gasteiger partial charge on any atom is -0.375 e. The summed E-state index contributed by atoms with van der Waals surface area (Å²) in [5.74, 6) is -0.598. The lowest BCUT2D eigenvalue weighted by Crippen LogP contribution is -2.22. The largest absolute Gasteiger partial charge is 0.375 e. The Labute approximate surface area is 125 Å². The minimum atomic E-state index is -0.371. The van der Waals surface area contributed by atoms with Gasteiger partial charge in [-0.3, -0.25) is 4.79 Å². The van der Waals surface area contributed by atoms with Crippen molar-refractivity contribution in [2.24, 2.45) is 0 Å². The fourth-order valence-corrected chi connectivity index (χ4v) is 2.13. The molecule has 2 rings (SSSR count). The van der Waals surface area contributed by atoms with Crippen molar-refractivity contribution >= 4 is 33.2 Å². The number of amides is 1. The summed E-state index contributed by atoms with van der Waals surface area (Å²) in [6.07, 6.45) is 0. The molecular weight excluding hydrogens is 323 g/mol. The fraction of sp³-hybridized carbons (Fsp3) is 0.133. The van der Waals surface area contributed by atoms with Crippen LogP contribution in [0.15, 0.2) is 46.9 Å². The summed E-state index contributed by atoms with van der Waals surface area (Å²) in [6.45, 7) is 1.93. The molecule has 0 aromatic heterocycles. The van der Waals surface area contributed by atoms with E-state index in [0.29, 0.717) is 5.69 Å². The van der Waals surface area contributed by atoms with Crippen molar-refractivity contribution < 1.29 is 9.18 Å². The van der Waals surface area contributed by atoms with Crippen molar-refractivity contribution in [1.29, 1.82) is 0 Å². The quantitative estimate of drug-likeness (QED) is 0.887. The minimum absolute atomic E-state index is 0.110. The predicted molar refractivity (Wildman–Crippen MR) is 82.4 cm³/mol. The second-order valence-electron chi connectivity index (χ2n) is 4.34. The van der Waals surface area contributed by atoms with E-state index in [1.54, 1.807) is 6.07 Å². The van der Waals surface area contributed by atoms with Crippen molar-refractivity contribution in [2.75, 3.05) is 17.2 Å². The summed E-state index contributed by atoms with van der Waals surface area (Å²) in [4.78, 5) is 11.8. The van der Waals surface area contributed by atoms with Crippen LogP contribution in [0, 0.1) is 12.7 Å². The summed E-state index contributed by atoms with van der Waals surface area (Å²) in [7, 11) is 0. The Bertz CT molecular complexity index is 631. The SMILES string of the molecule is Cc1ccc(F)cc1NC(=O)CNc1ccccc1Br. The van der Waals surface area contributed by atoms with Crippen LogP contribution in [0.1, 0.15) is 5.56 Å². The molecule has 1 amide bonds. The topological polar surface area (TPSA) is 41.1 Å². The van der Waals surface area contributed by atoms with Gasteiger partial charge >= 0.3 is 0 Å². The van der Waals surface area contributed by atoms with Gasteiger partial charge in [-0.05, 0) is 52.7 Å². The van der Waals surface area contributed by atoms with Gasteiger partial charge < -0.3 is 10.6 Å². The van der Waals surface area contributed by atoms with Crippen LogP contribution in [0.25, 0.3) is 0 Å². The van der Waals surface area contributed by atoms with E-state index in [2.05, 4.69) is 26.6 Å². The number of nitrogens with one attached hydrogen (secondary N) is 2. The molecule has 0 radical (unpaired) electrons. The van der Waals surface area contributed by atoms with Crippen molar-refractivity contribution in [3.8, 4) is 0 Å². The van der Waals surface area contributed by atoms with Crippen molar-refractivity contribution in [2.45, 2.75) is 6.92 Å². The van der Waals surface area contributed by atoms with Gasteiger partial charge in [0.1, 0.15) is 5.82 Å². The molecular formula is C15H14BrFN2O. The first-order chi connectivity index (χ1) is 9.56. The summed E-state index contributed by atoms with van der Waals surface area (Å²) in [5, 5.41) is 5.70. The van der Waals surface area contributed by atoms with Gasteiger partial charge in [-0.15, -0.1) is 0 Å². The third kappa shape index (κ3) is 3.81. The number of rotatable bonds is 4. The molecule has 0 spiro atoms. The number of carbonyl (C=O) groups is 1. The number of carbonyl (C=O) groups excluding carboxylic acids is 1. The van der Waals surface area contributed by atoms with E-state index in [-0.39, 0.29) is 18.3 Å². The first-order valence-corrected chi connectivity index (χ1v) is 6.90. The smallest absolute Gasteiger partial charge is 0.243 e. The number of halogens is 2.